The van der Waals surface area contributed by atoms with Crippen LogP contribution in [0, 0.1) is 11.8 Å². The van der Waals surface area contributed by atoms with Crippen LogP contribution >= 0.6 is 15.6 Å². The van der Waals surface area contributed by atoms with Gasteiger partial charge in [0.15, 0.2) is 12.2 Å². The number of phosphoric ester groups is 2. The quantitative estimate of drug-likeness (QED) is 0.0222. The molecule has 0 fully saturated rings. The average Bonchev–Trinajstić information content (AvgIpc) is 0.897. The molecular formula is C91H178O17P2. The molecule has 0 saturated heterocycles. The van der Waals surface area contributed by atoms with E-state index in [-0.39, 0.29) is 25.7 Å². The first-order valence-electron chi connectivity index (χ1n) is 47.1. The number of unbranched alkanes of at least 4 members (excludes halogenated alkanes) is 58. The molecule has 0 saturated carbocycles. The Labute approximate surface area is 677 Å². The SMILES string of the molecule is CCCCCCCCCCCCCCCCCCCCC(=O)O[C@H](COC(=O)CCCCCCCCCC)COP(=O)(O)OC[C@H](O)COP(=O)(O)OC[C@@H](COC(=O)CCCCCCCCCCCCCCCCCCCCC(C)CC)OC(=O)CCCCCCCCCCCCCCCCCCCCC(C)CC. The van der Waals surface area contributed by atoms with E-state index in [1.165, 1.54) is 308 Å². The maximum Gasteiger partial charge on any atom is 0.472 e. The summed E-state index contributed by atoms with van der Waals surface area (Å²) in [5.41, 5.74) is 0. The molecule has 0 heterocycles. The summed E-state index contributed by atoms with van der Waals surface area (Å²) in [5, 5.41) is 10.7. The maximum absolute atomic E-state index is 13.2. The number of hydrogen-bond acceptors (Lipinski definition) is 15. The molecule has 0 aliphatic carbocycles. The topological polar surface area (TPSA) is 237 Å². The number of ether oxygens (including phenoxy) is 4. The minimum atomic E-state index is -4.97. The molecule has 4 unspecified atom stereocenters. The van der Waals surface area contributed by atoms with Crippen molar-refractivity contribution in [3.63, 3.8) is 0 Å². The largest absolute Gasteiger partial charge is 0.472 e. The summed E-state index contributed by atoms with van der Waals surface area (Å²) < 4.78 is 69.0. The minimum absolute atomic E-state index is 0.109. The number of rotatable bonds is 90. The van der Waals surface area contributed by atoms with Crippen LogP contribution in [0.5, 0.6) is 0 Å². The number of aliphatic hydroxyl groups is 1. The second kappa shape index (κ2) is 82.2. The zero-order valence-corrected chi connectivity index (χ0v) is 74.4. The van der Waals surface area contributed by atoms with Crippen molar-refractivity contribution in [2.45, 2.75) is 509 Å². The molecule has 19 heteroatoms. The number of carbonyl (C=O) groups is 4. The van der Waals surface area contributed by atoms with E-state index in [0.29, 0.717) is 25.7 Å². The van der Waals surface area contributed by atoms with Gasteiger partial charge in [-0.05, 0) is 37.5 Å². The van der Waals surface area contributed by atoms with Gasteiger partial charge in [-0.1, -0.05) is 440 Å². The Morgan fingerprint density at radius 3 is 0.645 bits per heavy atom. The second-order valence-corrected chi connectivity index (χ2v) is 36.1. The summed E-state index contributed by atoms with van der Waals surface area (Å²) in [6, 6.07) is 0. The summed E-state index contributed by atoms with van der Waals surface area (Å²) >= 11 is 0. The Bertz CT molecular complexity index is 2100. The lowest BCUT2D eigenvalue weighted by Crippen LogP contribution is -2.30. The van der Waals surface area contributed by atoms with E-state index in [1.807, 2.05) is 0 Å². The smallest absolute Gasteiger partial charge is 0.462 e. The summed E-state index contributed by atoms with van der Waals surface area (Å²) in [6.07, 6.45) is 76.5. The minimum Gasteiger partial charge on any atom is -0.462 e. The molecule has 0 amide bonds. The van der Waals surface area contributed by atoms with Crippen LogP contribution < -0.4 is 0 Å². The molecule has 654 valence electrons. The van der Waals surface area contributed by atoms with Crippen LogP contribution in [0.15, 0.2) is 0 Å². The van der Waals surface area contributed by atoms with Crippen molar-refractivity contribution in [2.75, 3.05) is 39.6 Å². The Kier molecular flexibility index (Phi) is 80.7. The van der Waals surface area contributed by atoms with E-state index in [1.54, 1.807) is 0 Å². The molecule has 0 rings (SSSR count). The molecule has 0 spiro atoms. The summed E-state index contributed by atoms with van der Waals surface area (Å²) in [7, 11) is -9.93. The Morgan fingerprint density at radius 1 is 0.255 bits per heavy atom. The molecule has 17 nitrogen and oxygen atoms in total. The molecule has 0 aromatic rings. The third-order valence-electron chi connectivity index (χ3n) is 22.2. The van der Waals surface area contributed by atoms with Crippen molar-refractivity contribution in [2.24, 2.45) is 11.8 Å². The van der Waals surface area contributed by atoms with Gasteiger partial charge in [0, 0.05) is 25.7 Å². The zero-order valence-electron chi connectivity index (χ0n) is 72.6. The van der Waals surface area contributed by atoms with Gasteiger partial charge in [0.2, 0.25) is 0 Å². The molecule has 7 atom stereocenters. The lowest BCUT2D eigenvalue weighted by molar-refractivity contribution is -0.161. The van der Waals surface area contributed by atoms with Crippen molar-refractivity contribution in [3.8, 4) is 0 Å². The summed E-state index contributed by atoms with van der Waals surface area (Å²) in [4.78, 5) is 73.3. The molecule has 3 N–H and O–H groups in total. The molecule has 0 aliphatic heterocycles. The predicted molar refractivity (Wildman–Crippen MR) is 455 cm³/mol. The van der Waals surface area contributed by atoms with Crippen LogP contribution in [0.4, 0.5) is 0 Å². The van der Waals surface area contributed by atoms with E-state index >= 15 is 0 Å². The van der Waals surface area contributed by atoms with Crippen LogP contribution in [0.3, 0.4) is 0 Å². The van der Waals surface area contributed by atoms with Gasteiger partial charge in [0.1, 0.15) is 19.3 Å². The first-order valence-corrected chi connectivity index (χ1v) is 50.1. The highest BCUT2D eigenvalue weighted by Crippen LogP contribution is 2.45. The van der Waals surface area contributed by atoms with Crippen molar-refractivity contribution in [3.05, 3.63) is 0 Å². The third-order valence-corrected chi connectivity index (χ3v) is 24.1. The molecule has 110 heavy (non-hydrogen) atoms. The molecule has 0 radical (unpaired) electrons. The fourth-order valence-electron chi connectivity index (χ4n) is 14.2. The molecule has 0 bridgehead atoms. The van der Waals surface area contributed by atoms with Gasteiger partial charge in [-0.2, -0.15) is 0 Å². The highest BCUT2D eigenvalue weighted by atomic mass is 31.2. The van der Waals surface area contributed by atoms with Crippen LogP contribution in [0.1, 0.15) is 491 Å². The second-order valence-electron chi connectivity index (χ2n) is 33.2. The standard InChI is InChI=1S/C91H178O17P2/c1-7-11-13-15-17-19-20-21-22-23-30-36-41-46-51-57-63-69-75-90(95)107-86(79-101-88(93)73-67-61-55-18-16-14-12-8-2)81-105-109(97,98)103-77-85(92)78-104-110(99,100)106-82-87(108-91(96)76-70-64-58-52-47-42-37-32-27-25-29-34-39-44-49-54-60-66-72-84(6)10-4)80-102-89(94)74-68-62-56-50-45-40-35-31-26-24-28-33-38-43-48-53-59-65-71-83(5)9-3/h83-87,92H,7-82H2,1-6H3,(H,97,98)(H,99,100)/t83?,84?,85-,86+,87+/m0/s1. The Balaban J connectivity index is 5.17. The Hall–Kier alpha value is -1.94. The van der Waals surface area contributed by atoms with Gasteiger partial charge in [0.05, 0.1) is 26.4 Å². The van der Waals surface area contributed by atoms with Gasteiger partial charge in [-0.25, -0.2) is 9.13 Å². The highest BCUT2D eigenvalue weighted by Gasteiger charge is 2.31. The van der Waals surface area contributed by atoms with Crippen LogP contribution in [-0.2, 0) is 65.4 Å². The van der Waals surface area contributed by atoms with E-state index < -0.39 is 97.5 Å². The number of carbonyl (C=O) groups excluding carboxylic acids is 4. The van der Waals surface area contributed by atoms with Gasteiger partial charge >= 0.3 is 39.5 Å². The monoisotopic (exact) mass is 1610 g/mol. The van der Waals surface area contributed by atoms with Gasteiger partial charge in [-0.3, -0.25) is 37.3 Å². The van der Waals surface area contributed by atoms with E-state index in [0.717, 1.165) is 102 Å². The number of esters is 4. The lowest BCUT2D eigenvalue weighted by atomic mass is 9.99. The van der Waals surface area contributed by atoms with Crippen LogP contribution in [0.25, 0.3) is 0 Å². The molecular weight excluding hydrogens is 1430 g/mol. The average molecular weight is 1610 g/mol. The van der Waals surface area contributed by atoms with E-state index in [2.05, 4.69) is 41.5 Å². The number of aliphatic hydroxyl groups excluding tert-OH is 1. The van der Waals surface area contributed by atoms with E-state index in [9.17, 15) is 43.2 Å². The third kappa shape index (κ3) is 81.2. The van der Waals surface area contributed by atoms with Crippen LogP contribution in [0.2, 0.25) is 0 Å². The molecule has 0 aromatic heterocycles. The number of phosphoric acid groups is 2. The fourth-order valence-corrected chi connectivity index (χ4v) is 15.8. The van der Waals surface area contributed by atoms with Crippen molar-refractivity contribution < 1.29 is 80.2 Å². The van der Waals surface area contributed by atoms with Gasteiger partial charge in [-0.15, -0.1) is 0 Å². The maximum atomic E-state index is 13.2. The lowest BCUT2D eigenvalue weighted by Gasteiger charge is -2.21. The summed E-state index contributed by atoms with van der Waals surface area (Å²) in [5.74, 6) is -0.354. The summed E-state index contributed by atoms with van der Waals surface area (Å²) in [6.45, 7) is 9.81. The van der Waals surface area contributed by atoms with E-state index in [4.69, 9.17) is 37.0 Å². The van der Waals surface area contributed by atoms with Crippen molar-refractivity contribution in [1.29, 1.82) is 0 Å². The fraction of sp³-hybridized carbons (Fsp3) is 0.956. The van der Waals surface area contributed by atoms with Crippen molar-refractivity contribution >= 4 is 39.5 Å². The number of hydrogen-bond donors (Lipinski definition) is 3. The molecule has 0 aromatic carbocycles. The normalized spacial score (nSPS) is 14.2. The molecule has 0 aliphatic rings. The van der Waals surface area contributed by atoms with Crippen LogP contribution in [-0.4, -0.2) is 96.7 Å². The first-order chi connectivity index (χ1) is 53.4. The Morgan fingerprint density at radius 2 is 0.436 bits per heavy atom. The zero-order chi connectivity index (χ0) is 80.6. The van der Waals surface area contributed by atoms with Crippen molar-refractivity contribution in [1.82, 2.24) is 0 Å². The first kappa shape index (κ1) is 108. The predicted octanol–water partition coefficient (Wildman–Crippen LogP) is 28.2. The highest BCUT2D eigenvalue weighted by molar-refractivity contribution is 7.47. The van der Waals surface area contributed by atoms with Gasteiger partial charge in [0.25, 0.3) is 0 Å². The van der Waals surface area contributed by atoms with Gasteiger partial charge < -0.3 is 33.8 Å².